The molecule has 132 valence electrons. The fourth-order valence-corrected chi connectivity index (χ4v) is 2.17. The van der Waals surface area contributed by atoms with Crippen molar-refractivity contribution in [1.29, 1.82) is 0 Å². The van der Waals surface area contributed by atoms with Gasteiger partial charge in [0.15, 0.2) is 17.5 Å². The van der Waals surface area contributed by atoms with Crippen LogP contribution in [0.25, 0.3) is 0 Å². The van der Waals surface area contributed by atoms with Crippen LogP contribution in [0.1, 0.15) is 6.92 Å². The summed E-state index contributed by atoms with van der Waals surface area (Å²) in [7, 11) is 0. The lowest BCUT2D eigenvalue weighted by atomic mass is 10.2. The summed E-state index contributed by atoms with van der Waals surface area (Å²) < 4.78 is 52.8. The monoisotopic (exact) mass is 374 g/mol. The highest BCUT2D eigenvalue weighted by Gasteiger charge is 2.20. The Hall–Kier alpha value is -2.61. The molecule has 0 aliphatic heterocycles. The van der Waals surface area contributed by atoms with E-state index in [2.05, 4.69) is 0 Å². The summed E-state index contributed by atoms with van der Waals surface area (Å²) in [6.07, 6.45) is 0. The van der Waals surface area contributed by atoms with Crippen LogP contribution in [0, 0.1) is 23.3 Å². The van der Waals surface area contributed by atoms with E-state index in [4.69, 9.17) is 11.6 Å². The Balaban J connectivity index is 2.20. The van der Waals surface area contributed by atoms with Gasteiger partial charge in [-0.05, 0) is 30.3 Å². The number of nitrogens with zero attached hydrogens (tertiary/aromatic N) is 1. The van der Waals surface area contributed by atoms with Gasteiger partial charge in [-0.2, -0.15) is 0 Å². The minimum Gasteiger partial charge on any atom is -0.322 e. The normalized spacial score (nSPS) is 10.5. The number of hydrogen-bond donors (Lipinski definition) is 1. The van der Waals surface area contributed by atoms with E-state index in [0.717, 1.165) is 30.0 Å². The highest BCUT2D eigenvalue weighted by Crippen LogP contribution is 2.23. The van der Waals surface area contributed by atoms with Crippen molar-refractivity contribution in [2.24, 2.45) is 0 Å². The third-order valence-electron chi connectivity index (χ3n) is 3.21. The standard InChI is InChI=1S/C16H11ClF4N2O2/c1-8(24)23(9-2-3-11(18)10(17)6-9)7-14(25)22-13-5-4-12(19)15(20)16(13)21/h2-6H,7H2,1H3,(H,22,25). The molecule has 0 atom stereocenters. The maximum Gasteiger partial charge on any atom is 0.244 e. The number of carbonyl (C=O) groups excluding carboxylic acids is 2. The van der Waals surface area contributed by atoms with Crippen LogP contribution in [0.2, 0.25) is 5.02 Å². The van der Waals surface area contributed by atoms with Crippen LogP contribution in [-0.4, -0.2) is 18.4 Å². The molecule has 0 aliphatic carbocycles. The van der Waals surface area contributed by atoms with Gasteiger partial charge in [0.1, 0.15) is 12.4 Å². The number of anilines is 2. The highest BCUT2D eigenvalue weighted by molar-refractivity contribution is 6.31. The lowest BCUT2D eigenvalue weighted by Crippen LogP contribution is -2.36. The van der Waals surface area contributed by atoms with E-state index < -0.39 is 47.3 Å². The fourth-order valence-electron chi connectivity index (χ4n) is 1.99. The first kappa shape index (κ1) is 18.7. The number of amides is 2. The molecule has 0 bridgehead atoms. The lowest BCUT2D eigenvalue weighted by Gasteiger charge is -2.21. The number of halogens is 5. The van der Waals surface area contributed by atoms with Crippen molar-refractivity contribution >= 4 is 34.8 Å². The van der Waals surface area contributed by atoms with Crippen LogP contribution in [0.3, 0.4) is 0 Å². The number of hydrogen-bond acceptors (Lipinski definition) is 2. The average Bonchev–Trinajstić information content (AvgIpc) is 2.55. The van der Waals surface area contributed by atoms with Gasteiger partial charge in [-0.1, -0.05) is 11.6 Å². The van der Waals surface area contributed by atoms with E-state index in [1.165, 1.54) is 6.07 Å². The van der Waals surface area contributed by atoms with Crippen LogP contribution >= 0.6 is 11.6 Å². The van der Waals surface area contributed by atoms with Gasteiger partial charge in [-0.3, -0.25) is 9.59 Å². The average molecular weight is 375 g/mol. The number of carbonyl (C=O) groups is 2. The molecule has 2 aromatic carbocycles. The summed E-state index contributed by atoms with van der Waals surface area (Å²) in [5, 5.41) is 1.78. The van der Waals surface area contributed by atoms with Gasteiger partial charge < -0.3 is 10.2 Å². The molecule has 0 aromatic heterocycles. The van der Waals surface area contributed by atoms with Crippen LogP contribution in [-0.2, 0) is 9.59 Å². The summed E-state index contributed by atoms with van der Waals surface area (Å²) in [4.78, 5) is 24.7. The van der Waals surface area contributed by atoms with Gasteiger partial charge in [0, 0.05) is 12.6 Å². The van der Waals surface area contributed by atoms with E-state index in [1.54, 1.807) is 0 Å². The molecular formula is C16H11ClF4N2O2. The van der Waals surface area contributed by atoms with Crippen molar-refractivity contribution in [3.05, 3.63) is 58.6 Å². The van der Waals surface area contributed by atoms with Crippen molar-refractivity contribution in [2.75, 3.05) is 16.8 Å². The molecule has 0 radical (unpaired) electrons. The Bertz CT molecular complexity index is 845. The summed E-state index contributed by atoms with van der Waals surface area (Å²) in [5.41, 5.74) is -0.440. The molecule has 1 N–H and O–H groups in total. The van der Waals surface area contributed by atoms with E-state index >= 15 is 0 Å². The highest BCUT2D eigenvalue weighted by atomic mass is 35.5. The molecule has 0 heterocycles. The molecular weight excluding hydrogens is 364 g/mol. The molecule has 0 fully saturated rings. The molecule has 4 nitrogen and oxygen atoms in total. The van der Waals surface area contributed by atoms with Gasteiger partial charge in [0.25, 0.3) is 0 Å². The maximum atomic E-state index is 13.6. The minimum absolute atomic E-state index is 0.139. The predicted molar refractivity (Wildman–Crippen MR) is 84.4 cm³/mol. The Morgan fingerprint density at radius 2 is 1.68 bits per heavy atom. The minimum atomic E-state index is -1.73. The largest absolute Gasteiger partial charge is 0.322 e. The molecule has 2 amide bonds. The Morgan fingerprint density at radius 1 is 1.04 bits per heavy atom. The van der Waals surface area contributed by atoms with Crippen molar-refractivity contribution in [3.8, 4) is 0 Å². The number of nitrogens with one attached hydrogen (secondary N) is 1. The maximum absolute atomic E-state index is 13.6. The molecule has 0 saturated carbocycles. The van der Waals surface area contributed by atoms with Gasteiger partial charge in [-0.15, -0.1) is 0 Å². The topological polar surface area (TPSA) is 49.4 Å². The first-order valence-electron chi connectivity index (χ1n) is 6.87. The second kappa shape index (κ2) is 7.52. The molecule has 0 unspecified atom stereocenters. The Labute approximate surface area is 145 Å². The summed E-state index contributed by atoms with van der Waals surface area (Å²) in [5.74, 6) is -6.84. The molecule has 9 heteroatoms. The number of benzene rings is 2. The van der Waals surface area contributed by atoms with Gasteiger partial charge >= 0.3 is 0 Å². The zero-order chi connectivity index (χ0) is 18.7. The Kier molecular flexibility index (Phi) is 5.63. The first-order chi connectivity index (χ1) is 11.7. The smallest absolute Gasteiger partial charge is 0.244 e. The van der Waals surface area contributed by atoms with Gasteiger partial charge in [-0.25, -0.2) is 17.6 Å². The van der Waals surface area contributed by atoms with Gasteiger partial charge in [0.05, 0.1) is 10.7 Å². The Morgan fingerprint density at radius 3 is 2.28 bits per heavy atom. The lowest BCUT2D eigenvalue weighted by molar-refractivity contribution is -0.120. The van der Waals surface area contributed by atoms with E-state index in [-0.39, 0.29) is 10.7 Å². The van der Waals surface area contributed by atoms with Crippen molar-refractivity contribution in [2.45, 2.75) is 6.92 Å². The summed E-state index contributed by atoms with van der Waals surface area (Å²) >= 11 is 5.64. The van der Waals surface area contributed by atoms with Crippen molar-refractivity contribution in [1.82, 2.24) is 0 Å². The zero-order valence-corrected chi connectivity index (χ0v) is 13.5. The van der Waals surface area contributed by atoms with E-state index in [1.807, 2.05) is 5.32 Å². The second-order valence-electron chi connectivity index (χ2n) is 4.97. The van der Waals surface area contributed by atoms with Crippen LogP contribution in [0.15, 0.2) is 30.3 Å². The number of rotatable bonds is 4. The van der Waals surface area contributed by atoms with E-state index in [9.17, 15) is 27.2 Å². The third-order valence-corrected chi connectivity index (χ3v) is 3.50. The van der Waals surface area contributed by atoms with Crippen LogP contribution < -0.4 is 10.2 Å². The van der Waals surface area contributed by atoms with Crippen molar-refractivity contribution in [3.63, 3.8) is 0 Å². The van der Waals surface area contributed by atoms with Crippen LogP contribution in [0.4, 0.5) is 28.9 Å². The fraction of sp³-hybridized carbons (Fsp3) is 0.125. The molecule has 0 spiro atoms. The quantitative estimate of drug-likeness (QED) is 0.652. The van der Waals surface area contributed by atoms with E-state index in [0.29, 0.717) is 6.07 Å². The summed E-state index contributed by atoms with van der Waals surface area (Å²) in [6.45, 7) is 0.582. The first-order valence-corrected chi connectivity index (χ1v) is 7.25. The molecule has 25 heavy (non-hydrogen) atoms. The van der Waals surface area contributed by atoms with Crippen molar-refractivity contribution < 1.29 is 27.2 Å². The summed E-state index contributed by atoms with van der Waals surface area (Å²) in [6, 6.07) is 4.88. The SMILES string of the molecule is CC(=O)N(CC(=O)Nc1ccc(F)c(F)c1F)c1ccc(F)c(Cl)c1. The predicted octanol–water partition coefficient (Wildman–Crippen LogP) is 3.89. The van der Waals surface area contributed by atoms with Crippen LogP contribution in [0.5, 0.6) is 0 Å². The third kappa shape index (κ3) is 4.27. The zero-order valence-electron chi connectivity index (χ0n) is 12.7. The molecule has 2 aromatic rings. The molecule has 2 rings (SSSR count). The molecule has 0 aliphatic rings. The second-order valence-corrected chi connectivity index (χ2v) is 5.38. The van der Waals surface area contributed by atoms with Gasteiger partial charge in [0.2, 0.25) is 11.8 Å². The molecule has 0 saturated heterocycles.